The molecule has 1 aliphatic carbocycles. The molecule has 0 bridgehead atoms. The fourth-order valence-corrected chi connectivity index (χ4v) is 3.79. The molecule has 0 aliphatic heterocycles. The van der Waals surface area contributed by atoms with E-state index in [-0.39, 0.29) is 47.3 Å². The monoisotopic (exact) mass is 412 g/mol. The number of rotatable bonds is 10. The first-order valence-electron chi connectivity index (χ1n) is 11.1. The predicted octanol–water partition coefficient (Wildman–Crippen LogP) is 3.82. The number of hydrogen-bond acceptors (Lipinski definition) is 6. The third kappa shape index (κ3) is 9.04. The standard InChI is InChI=1S/C23H44N2O4/c1-14(2)11-19(21(27)28-15(3)4)25-23(9,10)17-12-18(13-17)29-20(26)16(5)24-22(6,7)8/h14-19,24-25H,11-13H2,1-10H3/t16-,17?,18?,19-/m0/s1. The molecule has 1 fully saturated rings. The first-order valence-corrected chi connectivity index (χ1v) is 11.1. The van der Waals surface area contributed by atoms with E-state index in [2.05, 4.69) is 38.3 Å². The minimum absolute atomic E-state index is 0.0519. The number of carbonyl (C=O) groups excluding carboxylic acids is 2. The van der Waals surface area contributed by atoms with Crippen LogP contribution in [-0.2, 0) is 19.1 Å². The highest BCUT2D eigenvalue weighted by molar-refractivity contribution is 5.76. The van der Waals surface area contributed by atoms with E-state index < -0.39 is 0 Å². The molecular formula is C23H44N2O4. The van der Waals surface area contributed by atoms with Gasteiger partial charge in [0, 0.05) is 11.1 Å². The maximum absolute atomic E-state index is 12.5. The molecule has 29 heavy (non-hydrogen) atoms. The smallest absolute Gasteiger partial charge is 0.323 e. The largest absolute Gasteiger partial charge is 0.462 e. The Morgan fingerprint density at radius 2 is 1.48 bits per heavy atom. The van der Waals surface area contributed by atoms with Crippen LogP contribution in [0.15, 0.2) is 0 Å². The van der Waals surface area contributed by atoms with Gasteiger partial charge in [-0.15, -0.1) is 0 Å². The zero-order valence-corrected chi connectivity index (χ0v) is 20.2. The van der Waals surface area contributed by atoms with Gasteiger partial charge in [-0.05, 0) is 86.5 Å². The van der Waals surface area contributed by atoms with Crippen LogP contribution in [0.1, 0.15) is 88.5 Å². The van der Waals surface area contributed by atoms with Gasteiger partial charge in [0.1, 0.15) is 18.2 Å². The molecule has 6 nitrogen and oxygen atoms in total. The molecule has 0 aromatic carbocycles. The Bertz CT molecular complexity index is 546. The molecule has 0 heterocycles. The quantitative estimate of drug-likeness (QED) is 0.531. The maximum atomic E-state index is 12.5. The van der Waals surface area contributed by atoms with Crippen molar-refractivity contribution in [3.8, 4) is 0 Å². The van der Waals surface area contributed by atoms with E-state index in [9.17, 15) is 9.59 Å². The molecule has 0 saturated heterocycles. The second-order valence-electron chi connectivity index (χ2n) is 10.9. The van der Waals surface area contributed by atoms with Gasteiger partial charge in [0.2, 0.25) is 0 Å². The molecule has 1 rings (SSSR count). The van der Waals surface area contributed by atoms with Gasteiger partial charge < -0.3 is 9.47 Å². The average molecular weight is 413 g/mol. The van der Waals surface area contributed by atoms with Crippen molar-refractivity contribution in [3.63, 3.8) is 0 Å². The molecule has 6 heteroatoms. The van der Waals surface area contributed by atoms with Crippen LogP contribution in [0.5, 0.6) is 0 Å². The van der Waals surface area contributed by atoms with Gasteiger partial charge in [0.05, 0.1) is 6.10 Å². The summed E-state index contributed by atoms with van der Waals surface area (Å²) in [5.74, 6) is 0.334. The van der Waals surface area contributed by atoms with Gasteiger partial charge in [0.25, 0.3) is 0 Å². The molecule has 0 amide bonds. The Balaban J connectivity index is 2.59. The molecule has 0 spiro atoms. The fraction of sp³-hybridized carbons (Fsp3) is 0.913. The molecule has 1 aliphatic rings. The second-order valence-corrected chi connectivity index (χ2v) is 10.9. The second kappa shape index (κ2) is 10.3. The summed E-state index contributed by atoms with van der Waals surface area (Å²) in [6.45, 7) is 20.1. The van der Waals surface area contributed by atoms with Gasteiger partial charge >= 0.3 is 11.9 Å². The van der Waals surface area contributed by atoms with Crippen molar-refractivity contribution in [2.75, 3.05) is 0 Å². The third-order valence-electron chi connectivity index (χ3n) is 5.29. The van der Waals surface area contributed by atoms with E-state index in [1.54, 1.807) is 0 Å². The number of ether oxygens (including phenoxy) is 2. The molecular weight excluding hydrogens is 368 g/mol. The zero-order valence-electron chi connectivity index (χ0n) is 20.2. The van der Waals surface area contributed by atoms with Crippen LogP contribution >= 0.6 is 0 Å². The molecule has 0 aromatic rings. The van der Waals surface area contributed by atoms with Gasteiger partial charge in [-0.2, -0.15) is 0 Å². The van der Waals surface area contributed by atoms with Gasteiger partial charge in [-0.1, -0.05) is 13.8 Å². The van der Waals surface area contributed by atoms with E-state index in [0.29, 0.717) is 11.8 Å². The van der Waals surface area contributed by atoms with Gasteiger partial charge in [0.15, 0.2) is 0 Å². The molecule has 1 saturated carbocycles. The molecule has 170 valence electrons. The van der Waals surface area contributed by atoms with Crippen LogP contribution in [-0.4, -0.2) is 47.3 Å². The highest BCUT2D eigenvalue weighted by Crippen LogP contribution is 2.39. The van der Waals surface area contributed by atoms with E-state index in [1.807, 2.05) is 41.5 Å². The Morgan fingerprint density at radius 3 is 1.93 bits per heavy atom. The average Bonchev–Trinajstić information content (AvgIpc) is 2.46. The molecule has 2 N–H and O–H groups in total. The molecule has 0 radical (unpaired) electrons. The van der Waals surface area contributed by atoms with Crippen LogP contribution in [0, 0.1) is 11.8 Å². The van der Waals surface area contributed by atoms with Crippen molar-refractivity contribution in [1.82, 2.24) is 10.6 Å². The maximum Gasteiger partial charge on any atom is 0.323 e. The topological polar surface area (TPSA) is 76.7 Å². The van der Waals surface area contributed by atoms with Gasteiger partial charge in [-0.3, -0.25) is 20.2 Å². The number of nitrogens with one attached hydrogen (secondary N) is 2. The SMILES string of the molecule is CC(C)C[C@H](NC(C)(C)C1CC(OC(=O)[C@H](C)NC(C)(C)C)C1)C(=O)OC(C)C. The number of esters is 2. The molecule has 2 atom stereocenters. The van der Waals surface area contributed by atoms with Crippen molar-refractivity contribution in [1.29, 1.82) is 0 Å². The van der Waals surface area contributed by atoms with Crippen molar-refractivity contribution in [3.05, 3.63) is 0 Å². The fourth-order valence-electron chi connectivity index (χ4n) is 3.79. The van der Waals surface area contributed by atoms with Gasteiger partial charge in [-0.25, -0.2) is 0 Å². The van der Waals surface area contributed by atoms with E-state index in [1.165, 1.54) is 0 Å². The molecule has 0 aromatic heterocycles. The van der Waals surface area contributed by atoms with Crippen LogP contribution in [0.2, 0.25) is 0 Å². The lowest BCUT2D eigenvalue weighted by Crippen LogP contribution is -2.59. The van der Waals surface area contributed by atoms with E-state index >= 15 is 0 Å². The normalized spacial score (nSPS) is 22.2. The Kier molecular flexibility index (Phi) is 9.15. The first-order chi connectivity index (χ1) is 13.1. The van der Waals surface area contributed by atoms with Crippen molar-refractivity contribution in [2.24, 2.45) is 11.8 Å². The minimum atomic E-state index is -0.332. The van der Waals surface area contributed by atoms with Crippen molar-refractivity contribution >= 4 is 11.9 Å². The summed E-state index contributed by atoms with van der Waals surface area (Å²) in [5.41, 5.74) is -0.379. The summed E-state index contributed by atoms with van der Waals surface area (Å²) >= 11 is 0. The van der Waals surface area contributed by atoms with Crippen molar-refractivity contribution < 1.29 is 19.1 Å². The first kappa shape index (κ1) is 25.9. The lowest BCUT2D eigenvalue weighted by molar-refractivity contribution is -0.160. The Hall–Kier alpha value is -1.14. The van der Waals surface area contributed by atoms with Crippen molar-refractivity contribution in [2.45, 2.75) is 124 Å². The Morgan fingerprint density at radius 1 is 0.931 bits per heavy atom. The summed E-state index contributed by atoms with van der Waals surface area (Å²) in [7, 11) is 0. The summed E-state index contributed by atoms with van der Waals surface area (Å²) in [6, 6.07) is -0.661. The zero-order chi connectivity index (χ0) is 22.6. The van der Waals surface area contributed by atoms with Crippen LogP contribution < -0.4 is 10.6 Å². The summed E-state index contributed by atoms with van der Waals surface area (Å²) < 4.78 is 11.1. The van der Waals surface area contributed by atoms with E-state index in [0.717, 1.165) is 19.3 Å². The van der Waals surface area contributed by atoms with Crippen LogP contribution in [0.25, 0.3) is 0 Å². The predicted molar refractivity (Wildman–Crippen MR) is 117 cm³/mol. The summed E-state index contributed by atoms with van der Waals surface area (Å²) in [6.07, 6.45) is 2.17. The summed E-state index contributed by atoms with van der Waals surface area (Å²) in [4.78, 5) is 24.8. The highest BCUT2D eigenvalue weighted by Gasteiger charge is 2.44. The third-order valence-corrected chi connectivity index (χ3v) is 5.29. The lowest BCUT2D eigenvalue weighted by atomic mass is 9.70. The molecule has 0 unspecified atom stereocenters. The van der Waals surface area contributed by atoms with E-state index in [4.69, 9.17) is 9.47 Å². The lowest BCUT2D eigenvalue weighted by Gasteiger charge is -2.46. The number of hydrogen-bond donors (Lipinski definition) is 2. The highest BCUT2D eigenvalue weighted by atomic mass is 16.5. The Labute approximate surface area is 177 Å². The van der Waals surface area contributed by atoms with Crippen LogP contribution in [0.4, 0.5) is 0 Å². The summed E-state index contributed by atoms with van der Waals surface area (Å²) in [5, 5.41) is 6.78. The minimum Gasteiger partial charge on any atom is -0.462 e. The number of carbonyl (C=O) groups is 2. The van der Waals surface area contributed by atoms with Crippen LogP contribution in [0.3, 0.4) is 0 Å².